The Hall–Kier alpha value is -3.84. The van der Waals surface area contributed by atoms with Crippen molar-refractivity contribution >= 4 is 34.2 Å². The summed E-state index contributed by atoms with van der Waals surface area (Å²) in [4.78, 5) is 51.1. The van der Waals surface area contributed by atoms with Crippen molar-refractivity contribution in [1.82, 2.24) is 10.6 Å². The number of ether oxygens (including phenoxy) is 1. The molecule has 0 unspecified atom stereocenters. The van der Waals surface area contributed by atoms with Crippen LogP contribution in [0, 0.1) is 5.92 Å². The van der Waals surface area contributed by atoms with E-state index in [0.717, 1.165) is 21.9 Å². The Balaban J connectivity index is 1.66. The maximum Gasteiger partial charge on any atom is 0.224 e. The fraction of sp³-hybridized carbons (Fsp3) is 0.333. The smallest absolute Gasteiger partial charge is 0.224 e. The van der Waals surface area contributed by atoms with E-state index in [0.29, 0.717) is 6.42 Å². The van der Waals surface area contributed by atoms with E-state index in [1.165, 1.54) is 14.2 Å². The molecule has 0 fully saturated rings. The van der Waals surface area contributed by atoms with E-state index >= 15 is 0 Å². The van der Waals surface area contributed by atoms with E-state index in [-0.39, 0.29) is 49.8 Å². The normalized spacial score (nSPS) is 12.5. The van der Waals surface area contributed by atoms with E-state index in [1.807, 2.05) is 72.8 Å². The van der Waals surface area contributed by atoms with Gasteiger partial charge in [-0.2, -0.15) is 0 Å². The molecule has 2 amide bonds. The first kappa shape index (κ1) is 27.7. The summed E-state index contributed by atoms with van der Waals surface area (Å²) < 4.78 is 5.21. The average Bonchev–Trinajstić information content (AvgIpc) is 2.91. The number of nitrogens with one attached hydrogen (secondary N) is 2. The van der Waals surface area contributed by atoms with E-state index in [4.69, 9.17) is 4.74 Å². The maximum absolute atomic E-state index is 13.2. The van der Waals surface area contributed by atoms with E-state index < -0.39 is 17.9 Å². The van der Waals surface area contributed by atoms with Crippen LogP contribution >= 0.6 is 0 Å². The van der Waals surface area contributed by atoms with Crippen LogP contribution in [-0.2, 0) is 36.8 Å². The molecule has 3 aromatic rings. The number of aryl methyl sites for hydroxylation is 1. The van der Waals surface area contributed by atoms with Gasteiger partial charge in [0.1, 0.15) is 11.8 Å². The molecule has 7 heteroatoms. The van der Waals surface area contributed by atoms with Gasteiger partial charge >= 0.3 is 0 Å². The quantitative estimate of drug-likeness (QED) is 0.352. The van der Waals surface area contributed by atoms with E-state index in [9.17, 15) is 19.2 Å². The highest BCUT2D eigenvalue weighted by atomic mass is 16.5. The SMILES string of the molecule is CNC(=O)C[C@H](CC(=O)Cc1ccccc1)C(=O)N[C@@H](COC)C(=O)CCc1cccc2ccccc12. The number of hydrogen-bond donors (Lipinski definition) is 2. The number of rotatable bonds is 14. The van der Waals surface area contributed by atoms with Crippen LogP contribution in [0.4, 0.5) is 0 Å². The van der Waals surface area contributed by atoms with Gasteiger partial charge in [-0.1, -0.05) is 72.8 Å². The Bertz CT molecular complexity index is 1220. The standard InChI is InChI=1S/C30H34N2O5/c1-31-29(35)19-24(18-25(33)17-21-9-4-3-5-10-21)30(36)32-27(20-37-2)28(34)16-15-23-13-8-12-22-11-6-7-14-26(22)23/h3-14,24,27H,15-20H2,1-2H3,(H,31,35)(H,32,36)/t24-,27-/m0/s1. The summed E-state index contributed by atoms with van der Waals surface area (Å²) in [6.45, 7) is 0.00473. The molecule has 0 heterocycles. The summed E-state index contributed by atoms with van der Waals surface area (Å²) in [5, 5.41) is 7.44. The summed E-state index contributed by atoms with van der Waals surface area (Å²) in [6.07, 6.45) is 0.664. The van der Waals surface area contributed by atoms with Crippen LogP contribution in [0.1, 0.15) is 30.4 Å². The molecular formula is C30H34N2O5. The Kier molecular flexibility index (Phi) is 10.5. The zero-order valence-electron chi connectivity index (χ0n) is 21.4. The number of ketones is 2. The van der Waals surface area contributed by atoms with Gasteiger partial charge in [0.2, 0.25) is 11.8 Å². The molecule has 0 aliphatic carbocycles. The van der Waals surface area contributed by atoms with Crippen LogP contribution < -0.4 is 10.6 Å². The lowest BCUT2D eigenvalue weighted by Crippen LogP contribution is -2.47. The molecule has 0 radical (unpaired) electrons. The molecule has 0 aromatic heterocycles. The van der Waals surface area contributed by atoms with Gasteiger partial charge in [0.05, 0.1) is 12.5 Å². The predicted molar refractivity (Wildman–Crippen MR) is 143 cm³/mol. The van der Waals surface area contributed by atoms with E-state index in [1.54, 1.807) is 0 Å². The highest BCUT2D eigenvalue weighted by Gasteiger charge is 2.28. The number of fused-ring (bicyclic) bond motifs is 1. The van der Waals surface area contributed by atoms with Crippen molar-refractivity contribution < 1.29 is 23.9 Å². The Morgan fingerprint density at radius 2 is 1.57 bits per heavy atom. The van der Waals surface area contributed by atoms with E-state index in [2.05, 4.69) is 10.6 Å². The summed E-state index contributed by atoms with van der Waals surface area (Å²) >= 11 is 0. The summed E-state index contributed by atoms with van der Waals surface area (Å²) in [7, 11) is 2.94. The van der Waals surface area contributed by atoms with Crippen molar-refractivity contribution in [2.75, 3.05) is 20.8 Å². The third kappa shape index (κ3) is 8.36. The van der Waals surface area contributed by atoms with Crippen molar-refractivity contribution in [3.8, 4) is 0 Å². The van der Waals surface area contributed by atoms with Crippen LogP contribution in [-0.4, -0.2) is 50.2 Å². The molecule has 7 nitrogen and oxygen atoms in total. The fourth-order valence-corrected chi connectivity index (χ4v) is 4.37. The molecular weight excluding hydrogens is 468 g/mol. The van der Waals surface area contributed by atoms with Gasteiger partial charge in [0.25, 0.3) is 0 Å². The van der Waals surface area contributed by atoms with Crippen molar-refractivity contribution in [3.05, 3.63) is 83.9 Å². The molecule has 0 saturated carbocycles. The van der Waals surface area contributed by atoms with Crippen LogP contribution in [0.2, 0.25) is 0 Å². The second-order valence-corrected chi connectivity index (χ2v) is 9.10. The zero-order valence-corrected chi connectivity index (χ0v) is 21.4. The fourth-order valence-electron chi connectivity index (χ4n) is 4.37. The molecule has 3 rings (SSSR count). The lowest BCUT2D eigenvalue weighted by molar-refractivity contribution is -0.135. The minimum atomic E-state index is -0.888. The largest absolute Gasteiger partial charge is 0.382 e. The molecule has 0 spiro atoms. The number of methoxy groups -OCH3 is 1. The zero-order chi connectivity index (χ0) is 26.6. The van der Waals surface area contributed by atoms with Crippen LogP contribution in [0.15, 0.2) is 72.8 Å². The van der Waals surface area contributed by atoms with Gasteiger partial charge in [0, 0.05) is 39.8 Å². The predicted octanol–water partition coefficient (Wildman–Crippen LogP) is 3.43. The molecule has 2 N–H and O–H groups in total. The molecule has 37 heavy (non-hydrogen) atoms. The number of hydrogen-bond acceptors (Lipinski definition) is 5. The number of carbonyl (C=O) groups is 4. The summed E-state index contributed by atoms with van der Waals surface area (Å²) in [5.74, 6) is -2.07. The van der Waals surface area contributed by atoms with Gasteiger partial charge in [-0.3, -0.25) is 19.2 Å². The van der Waals surface area contributed by atoms with Crippen LogP contribution in [0.25, 0.3) is 10.8 Å². The second kappa shape index (κ2) is 14.0. The lowest BCUT2D eigenvalue weighted by Gasteiger charge is -2.21. The Labute approximate surface area is 217 Å². The Morgan fingerprint density at radius 3 is 2.30 bits per heavy atom. The average molecular weight is 503 g/mol. The lowest BCUT2D eigenvalue weighted by atomic mass is 9.93. The van der Waals surface area contributed by atoms with Crippen LogP contribution in [0.3, 0.4) is 0 Å². The number of benzene rings is 3. The van der Waals surface area contributed by atoms with Crippen molar-refractivity contribution in [1.29, 1.82) is 0 Å². The van der Waals surface area contributed by atoms with Crippen molar-refractivity contribution in [2.45, 2.75) is 38.1 Å². The monoisotopic (exact) mass is 502 g/mol. The van der Waals surface area contributed by atoms with Gasteiger partial charge in [0.15, 0.2) is 5.78 Å². The third-order valence-corrected chi connectivity index (χ3v) is 6.36. The Morgan fingerprint density at radius 1 is 0.865 bits per heavy atom. The van der Waals surface area contributed by atoms with Crippen molar-refractivity contribution in [2.24, 2.45) is 5.92 Å². The molecule has 0 aliphatic heterocycles. The topological polar surface area (TPSA) is 102 Å². The highest BCUT2D eigenvalue weighted by Crippen LogP contribution is 2.20. The first-order valence-corrected chi connectivity index (χ1v) is 12.5. The number of amides is 2. The molecule has 194 valence electrons. The first-order valence-electron chi connectivity index (χ1n) is 12.5. The minimum absolute atomic E-state index is 0.00473. The summed E-state index contributed by atoms with van der Waals surface area (Å²) in [6, 6.07) is 22.3. The molecule has 0 saturated heterocycles. The first-order chi connectivity index (χ1) is 17.9. The third-order valence-electron chi connectivity index (χ3n) is 6.36. The minimum Gasteiger partial charge on any atom is -0.382 e. The molecule has 2 atom stereocenters. The highest BCUT2D eigenvalue weighted by molar-refractivity contribution is 5.94. The maximum atomic E-state index is 13.2. The number of Topliss-reactive ketones (excluding diaryl/α,β-unsaturated/α-hetero) is 2. The van der Waals surface area contributed by atoms with Gasteiger partial charge in [-0.15, -0.1) is 0 Å². The molecule has 3 aromatic carbocycles. The van der Waals surface area contributed by atoms with Crippen molar-refractivity contribution in [3.63, 3.8) is 0 Å². The molecule has 0 aliphatic rings. The van der Waals surface area contributed by atoms with Gasteiger partial charge in [-0.05, 0) is 28.3 Å². The number of carbonyl (C=O) groups excluding carboxylic acids is 4. The second-order valence-electron chi connectivity index (χ2n) is 9.10. The molecule has 0 bridgehead atoms. The summed E-state index contributed by atoms with van der Waals surface area (Å²) in [5.41, 5.74) is 1.89. The van der Waals surface area contributed by atoms with Gasteiger partial charge < -0.3 is 15.4 Å². The van der Waals surface area contributed by atoms with Crippen LogP contribution in [0.5, 0.6) is 0 Å². The van der Waals surface area contributed by atoms with Gasteiger partial charge in [-0.25, -0.2) is 0 Å².